The molecule has 1 aromatic carbocycles. The van der Waals surface area contributed by atoms with E-state index in [9.17, 15) is 9.59 Å². The smallest absolute Gasteiger partial charge is 0.266 e. The zero-order valence-corrected chi connectivity index (χ0v) is 13.6. The first-order chi connectivity index (χ1) is 11.5. The van der Waals surface area contributed by atoms with E-state index in [0.29, 0.717) is 11.9 Å². The Morgan fingerprint density at radius 3 is 2.88 bits per heavy atom. The van der Waals surface area contributed by atoms with Gasteiger partial charge in [0.25, 0.3) is 5.56 Å². The fraction of sp³-hybridized carbons (Fsp3) is 0.125. The van der Waals surface area contributed by atoms with Gasteiger partial charge >= 0.3 is 0 Å². The summed E-state index contributed by atoms with van der Waals surface area (Å²) in [4.78, 5) is 25.4. The first-order valence-electron chi connectivity index (χ1n) is 7.20. The van der Waals surface area contributed by atoms with Crippen LogP contribution in [0.1, 0.15) is 12.5 Å². The molecule has 0 aliphatic carbocycles. The van der Waals surface area contributed by atoms with Gasteiger partial charge in [0, 0.05) is 11.9 Å². The van der Waals surface area contributed by atoms with Crippen LogP contribution in [0.25, 0.3) is 21.9 Å². The van der Waals surface area contributed by atoms with Crippen molar-refractivity contribution in [1.29, 1.82) is 0 Å². The van der Waals surface area contributed by atoms with E-state index in [4.69, 9.17) is 10.2 Å². The molecule has 0 bridgehead atoms. The Morgan fingerprint density at radius 1 is 1.42 bits per heavy atom. The summed E-state index contributed by atoms with van der Waals surface area (Å²) in [6, 6.07) is 7.30. The Bertz CT molecular complexity index is 1100. The SMILES string of the molecule is CCn1c(=O)c2c(=O)c(/C=N/NC(N)=S)coc2c2ccccc21. The molecule has 3 N–H and O–H groups in total. The largest absolute Gasteiger partial charge is 0.462 e. The zero-order valence-electron chi connectivity index (χ0n) is 12.8. The molecule has 3 aromatic rings. The van der Waals surface area contributed by atoms with Gasteiger partial charge in [0.1, 0.15) is 11.6 Å². The highest BCUT2D eigenvalue weighted by Gasteiger charge is 2.16. The van der Waals surface area contributed by atoms with Gasteiger partial charge in [-0.1, -0.05) is 12.1 Å². The molecule has 0 spiro atoms. The highest BCUT2D eigenvalue weighted by Crippen LogP contribution is 2.21. The van der Waals surface area contributed by atoms with E-state index in [1.807, 2.05) is 31.2 Å². The monoisotopic (exact) mass is 342 g/mol. The molecule has 0 fully saturated rings. The molecule has 3 rings (SSSR count). The number of nitrogens with two attached hydrogens (primary N) is 1. The number of hydrogen-bond acceptors (Lipinski definition) is 5. The van der Waals surface area contributed by atoms with Crippen LogP contribution in [0.2, 0.25) is 0 Å². The zero-order chi connectivity index (χ0) is 17.3. The van der Waals surface area contributed by atoms with Crippen LogP contribution in [0.15, 0.2) is 49.6 Å². The Hall–Kier alpha value is -3.00. The predicted molar refractivity (Wildman–Crippen MR) is 97.4 cm³/mol. The second-order valence-electron chi connectivity index (χ2n) is 5.03. The molecule has 0 unspecified atom stereocenters. The summed E-state index contributed by atoms with van der Waals surface area (Å²) in [7, 11) is 0. The van der Waals surface area contributed by atoms with Crippen LogP contribution >= 0.6 is 12.2 Å². The van der Waals surface area contributed by atoms with Gasteiger partial charge in [0.15, 0.2) is 10.7 Å². The number of pyridine rings is 1. The van der Waals surface area contributed by atoms with Crippen LogP contribution in [-0.4, -0.2) is 15.9 Å². The number of hydrogen-bond donors (Lipinski definition) is 2. The third-order valence-electron chi connectivity index (χ3n) is 3.61. The Labute approximate surface area is 141 Å². The molecule has 0 aliphatic heterocycles. The fourth-order valence-electron chi connectivity index (χ4n) is 2.59. The third-order valence-corrected chi connectivity index (χ3v) is 3.70. The molecule has 0 aliphatic rings. The third kappa shape index (κ3) is 2.56. The molecular weight excluding hydrogens is 328 g/mol. The quantitative estimate of drug-likeness (QED) is 0.322. The minimum atomic E-state index is -0.456. The normalized spacial score (nSPS) is 11.4. The average molecular weight is 342 g/mol. The topological polar surface area (TPSA) is 103 Å². The average Bonchev–Trinajstić information content (AvgIpc) is 2.56. The summed E-state index contributed by atoms with van der Waals surface area (Å²) in [6.07, 6.45) is 2.48. The van der Waals surface area contributed by atoms with E-state index >= 15 is 0 Å². The lowest BCUT2D eigenvalue weighted by Crippen LogP contribution is -2.27. The molecular formula is C16H14N4O3S. The molecule has 7 nitrogen and oxygen atoms in total. The van der Waals surface area contributed by atoms with Crippen LogP contribution in [0.5, 0.6) is 0 Å². The molecule has 0 radical (unpaired) electrons. The van der Waals surface area contributed by atoms with Crippen molar-refractivity contribution in [3.05, 3.63) is 56.7 Å². The van der Waals surface area contributed by atoms with Gasteiger partial charge in [-0.05, 0) is 31.3 Å². The Balaban J connectivity index is 2.36. The highest BCUT2D eigenvalue weighted by molar-refractivity contribution is 7.80. The van der Waals surface area contributed by atoms with Crippen molar-refractivity contribution >= 4 is 45.4 Å². The van der Waals surface area contributed by atoms with Gasteiger partial charge in [-0.3, -0.25) is 15.0 Å². The van der Waals surface area contributed by atoms with E-state index in [0.717, 1.165) is 5.52 Å². The number of aryl methyl sites for hydroxylation is 1. The van der Waals surface area contributed by atoms with Crippen LogP contribution in [0, 0.1) is 0 Å². The first-order valence-corrected chi connectivity index (χ1v) is 7.61. The lowest BCUT2D eigenvalue weighted by molar-refractivity contribution is 0.602. The molecule has 0 saturated heterocycles. The molecule has 0 atom stereocenters. The molecule has 8 heteroatoms. The van der Waals surface area contributed by atoms with Crippen molar-refractivity contribution < 1.29 is 4.42 Å². The summed E-state index contributed by atoms with van der Waals surface area (Å²) in [5, 5.41) is 4.40. The number of thiocarbonyl (C=S) groups is 1. The van der Waals surface area contributed by atoms with E-state index in [1.165, 1.54) is 12.5 Å². The number of para-hydroxylation sites is 1. The van der Waals surface area contributed by atoms with Gasteiger partial charge in [0.2, 0.25) is 5.43 Å². The van der Waals surface area contributed by atoms with Gasteiger partial charge in [-0.15, -0.1) is 0 Å². The molecule has 122 valence electrons. The molecule has 24 heavy (non-hydrogen) atoms. The summed E-state index contributed by atoms with van der Waals surface area (Å²) < 4.78 is 7.12. The van der Waals surface area contributed by atoms with Crippen molar-refractivity contribution in [3.63, 3.8) is 0 Å². The minimum Gasteiger partial charge on any atom is -0.462 e. The van der Waals surface area contributed by atoms with Gasteiger partial charge < -0.3 is 14.7 Å². The van der Waals surface area contributed by atoms with Crippen LogP contribution in [0.3, 0.4) is 0 Å². The number of benzene rings is 1. The van der Waals surface area contributed by atoms with Crippen molar-refractivity contribution in [3.8, 4) is 0 Å². The molecule has 0 amide bonds. The van der Waals surface area contributed by atoms with Crippen LogP contribution in [0.4, 0.5) is 0 Å². The first kappa shape index (κ1) is 15.9. The van der Waals surface area contributed by atoms with Crippen molar-refractivity contribution in [2.24, 2.45) is 10.8 Å². The second-order valence-corrected chi connectivity index (χ2v) is 5.46. The van der Waals surface area contributed by atoms with E-state index < -0.39 is 11.0 Å². The maximum Gasteiger partial charge on any atom is 0.266 e. The van der Waals surface area contributed by atoms with Gasteiger partial charge in [-0.25, -0.2) is 0 Å². The number of nitrogens with zero attached hydrogens (tertiary/aromatic N) is 2. The lowest BCUT2D eigenvalue weighted by Gasteiger charge is -2.10. The number of hydrazone groups is 1. The molecule has 0 saturated carbocycles. The van der Waals surface area contributed by atoms with Crippen LogP contribution < -0.4 is 22.1 Å². The van der Waals surface area contributed by atoms with Crippen molar-refractivity contribution in [2.45, 2.75) is 13.5 Å². The summed E-state index contributed by atoms with van der Waals surface area (Å²) in [5.41, 5.74) is 7.88. The maximum absolute atomic E-state index is 12.7. The lowest BCUT2D eigenvalue weighted by atomic mass is 10.1. The Morgan fingerprint density at radius 2 is 2.17 bits per heavy atom. The minimum absolute atomic E-state index is 0.00479. The standard InChI is InChI=1S/C16H14N4O3S/c1-2-20-11-6-4-3-5-10(11)14-12(15(20)22)13(21)9(8-23-14)7-18-19-16(17)24/h3-8H,2H2,1H3,(H3,17,19,24)/b18-7+. The summed E-state index contributed by atoms with van der Waals surface area (Å²) in [5.74, 6) is 0. The maximum atomic E-state index is 12.7. The predicted octanol–water partition coefficient (Wildman–Crippen LogP) is 1.29. The fourth-order valence-corrected chi connectivity index (χ4v) is 2.64. The van der Waals surface area contributed by atoms with Crippen molar-refractivity contribution in [2.75, 3.05) is 0 Å². The summed E-state index contributed by atoms with van der Waals surface area (Å²) >= 11 is 4.63. The van der Waals surface area contributed by atoms with E-state index in [1.54, 1.807) is 4.57 Å². The second kappa shape index (κ2) is 6.25. The van der Waals surface area contributed by atoms with Crippen molar-refractivity contribution in [1.82, 2.24) is 9.99 Å². The summed E-state index contributed by atoms with van der Waals surface area (Å²) in [6.45, 7) is 2.29. The van der Waals surface area contributed by atoms with E-state index in [2.05, 4.69) is 22.7 Å². The molecule has 2 aromatic heterocycles. The number of rotatable bonds is 3. The number of aromatic nitrogens is 1. The van der Waals surface area contributed by atoms with Gasteiger partial charge in [0.05, 0.1) is 17.3 Å². The highest BCUT2D eigenvalue weighted by atomic mass is 32.1. The van der Waals surface area contributed by atoms with Gasteiger partial charge in [-0.2, -0.15) is 5.10 Å². The van der Waals surface area contributed by atoms with Crippen LogP contribution in [-0.2, 0) is 6.54 Å². The molecule has 2 heterocycles. The van der Waals surface area contributed by atoms with E-state index in [-0.39, 0.29) is 21.6 Å². The Kier molecular flexibility index (Phi) is 4.13. The number of nitrogens with one attached hydrogen (secondary N) is 1. The number of fused-ring (bicyclic) bond motifs is 3.